The first-order valence-electron chi connectivity index (χ1n) is 9.12. The van der Waals surface area contributed by atoms with Gasteiger partial charge in [-0.15, -0.1) is 0 Å². The number of halogens is 1. The van der Waals surface area contributed by atoms with E-state index in [-0.39, 0.29) is 11.5 Å². The van der Waals surface area contributed by atoms with Gasteiger partial charge in [-0.25, -0.2) is 9.38 Å². The third-order valence-electron chi connectivity index (χ3n) is 4.20. The summed E-state index contributed by atoms with van der Waals surface area (Å²) in [5, 5.41) is 17.2. The van der Waals surface area contributed by atoms with Crippen LogP contribution in [-0.4, -0.2) is 17.4 Å². The molecule has 150 valence electrons. The molecule has 0 aliphatic heterocycles. The summed E-state index contributed by atoms with van der Waals surface area (Å²) in [6.45, 7) is 1.44. The first-order chi connectivity index (χ1) is 14.1. The number of rotatable bonds is 8. The van der Waals surface area contributed by atoms with Crippen molar-refractivity contribution in [1.29, 1.82) is 0 Å². The summed E-state index contributed by atoms with van der Waals surface area (Å²) in [6.07, 6.45) is 2.31. The van der Waals surface area contributed by atoms with Crippen LogP contribution in [0.3, 0.4) is 0 Å². The van der Waals surface area contributed by atoms with Crippen molar-refractivity contribution in [3.05, 3.63) is 99.7 Å². The van der Waals surface area contributed by atoms with Gasteiger partial charge < -0.3 is 15.1 Å². The number of hydrogen-bond donors (Lipinski definition) is 2. The van der Waals surface area contributed by atoms with Crippen LogP contribution in [0, 0.1) is 15.9 Å². The highest BCUT2D eigenvalue weighted by atomic mass is 19.1. The quantitative estimate of drug-likeness (QED) is 0.261. The molecule has 7 nitrogen and oxygen atoms in total. The molecule has 0 aliphatic carbocycles. The van der Waals surface area contributed by atoms with Crippen molar-refractivity contribution in [1.82, 2.24) is 10.6 Å². The summed E-state index contributed by atoms with van der Waals surface area (Å²) in [7, 11) is 0. The minimum Gasteiger partial charge on any atom is -0.467 e. The number of nitrogens with one attached hydrogen (secondary N) is 2. The van der Waals surface area contributed by atoms with Gasteiger partial charge in [0.05, 0.1) is 24.3 Å². The van der Waals surface area contributed by atoms with Crippen LogP contribution in [0.1, 0.15) is 16.9 Å². The van der Waals surface area contributed by atoms with Crippen LogP contribution in [-0.2, 0) is 19.5 Å². The van der Waals surface area contributed by atoms with Gasteiger partial charge in [-0.1, -0.05) is 24.3 Å². The van der Waals surface area contributed by atoms with Gasteiger partial charge >= 0.3 is 0 Å². The second-order valence-electron chi connectivity index (χ2n) is 6.32. The fraction of sp³-hybridized carbons (Fsp3) is 0.190. The maximum absolute atomic E-state index is 13.0. The molecular formula is C21H21FN4O3. The van der Waals surface area contributed by atoms with E-state index in [0.29, 0.717) is 32.0 Å². The second kappa shape index (κ2) is 10.0. The highest BCUT2D eigenvalue weighted by molar-refractivity contribution is 5.79. The third-order valence-corrected chi connectivity index (χ3v) is 4.20. The van der Waals surface area contributed by atoms with Crippen molar-refractivity contribution in [2.45, 2.75) is 19.5 Å². The molecule has 0 radical (unpaired) electrons. The Hall–Kier alpha value is -3.68. The van der Waals surface area contributed by atoms with E-state index in [2.05, 4.69) is 15.6 Å². The van der Waals surface area contributed by atoms with Crippen LogP contribution >= 0.6 is 0 Å². The fourth-order valence-corrected chi connectivity index (χ4v) is 2.63. The van der Waals surface area contributed by atoms with Gasteiger partial charge in [0.15, 0.2) is 5.96 Å². The summed E-state index contributed by atoms with van der Waals surface area (Å²) >= 11 is 0. The zero-order chi connectivity index (χ0) is 20.5. The fourth-order valence-electron chi connectivity index (χ4n) is 2.63. The molecule has 0 fully saturated rings. The van der Waals surface area contributed by atoms with Crippen LogP contribution in [0.15, 0.2) is 76.3 Å². The van der Waals surface area contributed by atoms with Crippen molar-refractivity contribution >= 4 is 11.6 Å². The Morgan fingerprint density at radius 3 is 2.41 bits per heavy atom. The molecule has 1 aromatic heterocycles. The molecule has 29 heavy (non-hydrogen) atoms. The first kappa shape index (κ1) is 20.1. The molecule has 0 unspecified atom stereocenters. The van der Waals surface area contributed by atoms with E-state index in [9.17, 15) is 14.5 Å². The van der Waals surface area contributed by atoms with Crippen LogP contribution in [0.4, 0.5) is 10.1 Å². The highest BCUT2D eigenvalue weighted by Gasteiger charge is 2.05. The summed E-state index contributed by atoms with van der Waals surface area (Å²) < 4.78 is 18.3. The molecule has 2 aromatic carbocycles. The molecule has 0 saturated carbocycles. The average molecular weight is 396 g/mol. The van der Waals surface area contributed by atoms with Gasteiger partial charge in [0.1, 0.15) is 11.6 Å². The monoisotopic (exact) mass is 396 g/mol. The van der Waals surface area contributed by atoms with E-state index in [1.165, 1.54) is 24.3 Å². The zero-order valence-corrected chi connectivity index (χ0v) is 15.7. The minimum absolute atomic E-state index is 0.0475. The normalized spacial score (nSPS) is 11.3. The summed E-state index contributed by atoms with van der Waals surface area (Å²) in [5.41, 5.74) is 1.92. The Morgan fingerprint density at radius 2 is 1.76 bits per heavy atom. The topological polar surface area (TPSA) is 92.7 Å². The molecule has 0 spiro atoms. The Balaban J connectivity index is 1.60. The maximum Gasteiger partial charge on any atom is 0.269 e. The van der Waals surface area contributed by atoms with Gasteiger partial charge in [0, 0.05) is 18.7 Å². The molecule has 0 amide bonds. The molecule has 3 aromatic rings. The van der Waals surface area contributed by atoms with Crippen LogP contribution < -0.4 is 10.6 Å². The number of furan rings is 1. The molecule has 0 aliphatic rings. The van der Waals surface area contributed by atoms with Gasteiger partial charge in [0.2, 0.25) is 0 Å². The van der Waals surface area contributed by atoms with Crippen LogP contribution in [0.2, 0.25) is 0 Å². The summed E-state index contributed by atoms with van der Waals surface area (Å²) in [5.74, 6) is 1.10. The number of hydrogen-bond acceptors (Lipinski definition) is 4. The molecule has 1 heterocycles. The second-order valence-corrected chi connectivity index (χ2v) is 6.32. The molecule has 2 N–H and O–H groups in total. The third kappa shape index (κ3) is 6.46. The van der Waals surface area contributed by atoms with E-state index in [4.69, 9.17) is 4.42 Å². The standard InChI is InChI=1S/C21H21FN4O3/c22-18-7-3-16(4-8-18)11-12-23-21(25-15-20-2-1-13-29-20)24-14-17-5-9-19(10-6-17)26(27)28/h1-10,13H,11-12,14-15H2,(H2,23,24,25). The van der Waals surface area contributed by atoms with Crippen molar-refractivity contribution in [3.8, 4) is 0 Å². The van der Waals surface area contributed by atoms with Crippen LogP contribution in [0.25, 0.3) is 0 Å². The number of non-ortho nitro benzene ring substituents is 1. The molecule has 0 bridgehead atoms. The van der Waals surface area contributed by atoms with Crippen molar-refractivity contribution in [2.75, 3.05) is 6.54 Å². The lowest BCUT2D eigenvalue weighted by molar-refractivity contribution is -0.384. The molecule has 3 rings (SSSR count). The van der Waals surface area contributed by atoms with Gasteiger partial charge in [-0.05, 0) is 41.8 Å². The molecule has 0 saturated heterocycles. The maximum atomic E-state index is 13.0. The van der Waals surface area contributed by atoms with Gasteiger partial charge in [0.25, 0.3) is 5.69 Å². The molecular weight excluding hydrogens is 375 g/mol. The van der Waals surface area contributed by atoms with Crippen molar-refractivity contribution < 1.29 is 13.7 Å². The summed E-state index contributed by atoms with van der Waals surface area (Å²) in [4.78, 5) is 14.9. The molecule has 8 heteroatoms. The lowest BCUT2D eigenvalue weighted by Gasteiger charge is -2.12. The zero-order valence-electron chi connectivity index (χ0n) is 15.7. The predicted octanol–water partition coefficient (Wildman–Crippen LogP) is 3.81. The smallest absolute Gasteiger partial charge is 0.269 e. The predicted molar refractivity (Wildman–Crippen MR) is 108 cm³/mol. The van der Waals surface area contributed by atoms with Crippen molar-refractivity contribution in [2.24, 2.45) is 4.99 Å². The largest absolute Gasteiger partial charge is 0.467 e. The first-order valence-corrected chi connectivity index (χ1v) is 9.12. The minimum atomic E-state index is -0.430. The Morgan fingerprint density at radius 1 is 1.03 bits per heavy atom. The summed E-state index contributed by atoms with van der Waals surface area (Å²) in [6, 6.07) is 16.3. The van der Waals surface area contributed by atoms with Crippen LogP contribution in [0.5, 0.6) is 0 Å². The van der Waals surface area contributed by atoms with E-state index < -0.39 is 4.92 Å². The Labute approximate surface area is 167 Å². The number of nitro groups is 1. The van der Waals surface area contributed by atoms with Gasteiger partial charge in [-0.2, -0.15) is 0 Å². The number of aliphatic imine (C=N–C) groups is 1. The van der Waals surface area contributed by atoms with Crippen molar-refractivity contribution in [3.63, 3.8) is 0 Å². The Kier molecular flexibility index (Phi) is 6.94. The highest BCUT2D eigenvalue weighted by Crippen LogP contribution is 2.12. The van der Waals surface area contributed by atoms with E-state index in [1.807, 2.05) is 12.1 Å². The lowest BCUT2D eigenvalue weighted by atomic mass is 10.1. The lowest BCUT2D eigenvalue weighted by Crippen LogP contribution is -2.38. The number of benzene rings is 2. The number of guanidine groups is 1. The molecule has 0 atom stereocenters. The number of nitro benzene ring substituents is 1. The SMILES string of the molecule is O=[N+]([O-])c1ccc(CN=C(NCCc2ccc(F)cc2)NCc2ccco2)cc1. The van der Waals surface area contributed by atoms with E-state index in [0.717, 1.165) is 16.9 Å². The Bertz CT molecular complexity index is 939. The van der Waals surface area contributed by atoms with E-state index >= 15 is 0 Å². The average Bonchev–Trinajstić information content (AvgIpc) is 3.25. The van der Waals surface area contributed by atoms with Gasteiger partial charge in [-0.3, -0.25) is 10.1 Å². The van der Waals surface area contributed by atoms with E-state index in [1.54, 1.807) is 30.5 Å². The number of nitrogens with zero attached hydrogens (tertiary/aromatic N) is 2.